The number of hydrogen-bond donors (Lipinski definition) is 0. The first kappa shape index (κ1) is 12.6. The summed E-state index contributed by atoms with van der Waals surface area (Å²) in [6.07, 6.45) is 7.32. The Morgan fingerprint density at radius 2 is 2.18 bits per heavy atom. The Kier molecular flexibility index (Phi) is 3.57. The van der Waals surface area contributed by atoms with Gasteiger partial charge in [-0.25, -0.2) is 4.79 Å². The summed E-state index contributed by atoms with van der Waals surface area (Å²) in [6.45, 7) is 6.14. The molecule has 0 N–H and O–H groups in total. The van der Waals surface area contributed by atoms with Crippen molar-refractivity contribution in [3.8, 4) is 0 Å². The number of fused-ring (bicyclic) bond motifs is 1. The molecule has 1 heterocycles. The molecule has 0 amide bonds. The van der Waals surface area contributed by atoms with E-state index in [9.17, 15) is 4.79 Å². The van der Waals surface area contributed by atoms with E-state index in [2.05, 4.69) is 6.92 Å². The van der Waals surface area contributed by atoms with Gasteiger partial charge in [0.1, 0.15) is 0 Å². The van der Waals surface area contributed by atoms with Crippen LogP contribution in [0, 0.1) is 5.92 Å². The molecule has 1 aliphatic heterocycles. The Bertz CT molecular complexity index is 334. The van der Waals surface area contributed by atoms with Gasteiger partial charge in [0, 0.05) is 11.5 Å². The van der Waals surface area contributed by atoms with Gasteiger partial charge in [0.25, 0.3) is 0 Å². The van der Waals surface area contributed by atoms with Crippen molar-refractivity contribution in [3.05, 3.63) is 11.6 Å². The molecule has 0 aromatic rings. The van der Waals surface area contributed by atoms with Crippen molar-refractivity contribution < 1.29 is 14.3 Å². The molecule has 1 saturated carbocycles. The predicted molar refractivity (Wildman–Crippen MR) is 65.6 cm³/mol. The molecular formula is C14H22O3. The lowest BCUT2D eigenvalue weighted by Crippen LogP contribution is -2.58. The lowest BCUT2D eigenvalue weighted by molar-refractivity contribution is -0.238. The lowest BCUT2D eigenvalue weighted by atomic mass is 9.70. The van der Waals surface area contributed by atoms with Crippen LogP contribution >= 0.6 is 0 Å². The Morgan fingerprint density at radius 1 is 1.47 bits per heavy atom. The van der Waals surface area contributed by atoms with E-state index in [-0.39, 0.29) is 11.6 Å². The van der Waals surface area contributed by atoms with Crippen molar-refractivity contribution >= 4 is 5.97 Å². The third kappa shape index (κ3) is 2.39. The van der Waals surface area contributed by atoms with Crippen LogP contribution in [0.4, 0.5) is 0 Å². The maximum absolute atomic E-state index is 11.6. The van der Waals surface area contributed by atoms with Crippen LogP contribution in [0.5, 0.6) is 0 Å². The second kappa shape index (κ2) is 4.81. The van der Waals surface area contributed by atoms with Crippen LogP contribution in [0.2, 0.25) is 0 Å². The van der Waals surface area contributed by atoms with Gasteiger partial charge in [-0.1, -0.05) is 12.8 Å². The second-order valence-corrected chi connectivity index (χ2v) is 5.28. The van der Waals surface area contributed by atoms with Crippen LogP contribution in [0.1, 0.15) is 46.5 Å². The number of carbonyl (C=O) groups excluding carboxylic acids is 1. The average Bonchev–Trinajstić information content (AvgIpc) is 2.28. The van der Waals surface area contributed by atoms with Gasteiger partial charge in [0.05, 0.1) is 18.3 Å². The van der Waals surface area contributed by atoms with Crippen LogP contribution in [0.3, 0.4) is 0 Å². The monoisotopic (exact) mass is 238 g/mol. The number of carbonyl (C=O) groups is 1. The van der Waals surface area contributed by atoms with Gasteiger partial charge in [0.15, 0.2) is 0 Å². The molecule has 0 spiro atoms. The molecule has 2 rings (SSSR count). The van der Waals surface area contributed by atoms with Crippen molar-refractivity contribution in [2.75, 3.05) is 6.61 Å². The van der Waals surface area contributed by atoms with Crippen molar-refractivity contribution in [2.24, 2.45) is 5.92 Å². The van der Waals surface area contributed by atoms with E-state index in [1.807, 2.05) is 19.9 Å². The summed E-state index contributed by atoms with van der Waals surface area (Å²) in [6, 6.07) is 0. The molecule has 1 aliphatic carbocycles. The molecular weight excluding hydrogens is 216 g/mol. The summed E-state index contributed by atoms with van der Waals surface area (Å²) >= 11 is 0. The Labute approximate surface area is 103 Å². The Hall–Kier alpha value is -0.830. The SMILES string of the molecule is CCOC(=O)/C(C)=C/C1(C)OC2CCCCC21. The zero-order valence-electron chi connectivity index (χ0n) is 11.0. The van der Waals surface area contributed by atoms with Gasteiger partial charge >= 0.3 is 5.97 Å². The summed E-state index contributed by atoms with van der Waals surface area (Å²) in [4.78, 5) is 11.6. The fourth-order valence-electron chi connectivity index (χ4n) is 3.11. The molecule has 2 aliphatic rings. The van der Waals surface area contributed by atoms with Crippen molar-refractivity contribution in [1.82, 2.24) is 0 Å². The fraction of sp³-hybridized carbons (Fsp3) is 0.786. The average molecular weight is 238 g/mol. The highest BCUT2D eigenvalue weighted by Crippen LogP contribution is 2.48. The maximum atomic E-state index is 11.6. The topological polar surface area (TPSA) is 35.5 Å². The molecule has 0 aromatic carbocycles. The van der Waals surface area contributed by atoms with Crippen LogP contribution < -0.4 is 0 Å². The number of rotatable bonds is 3. The second-order valence-electron chi connectivity index (χ2n) is 5.28. The molecule has 0 aromatic heterocycles. The summed E-state index contributed by atoms with van der Waals surface area (Å²) in [5.41, 5.74) is 0.417. The first-order chi connectivity index (χ1) is 8.07. The Balaban J connectivity index is 2.02. The number of esters is 1. The minimum atomic E-state index is -0.248. The largest absolute Gasteiger partial charge is 0.463 e. The first-order valence-corrected chi connectivity index (χ1v) is 6.61. The molecule has 96 valence electrons. The van der Waals surface area contributed by atoms with Gasteiger partial charge in [-0.15, -0.1) is 0 Å². The smallest absolute Gasteiger partial charge is 0.333 e. The highest BCUT2D eigenvalue weighted by atomic mass is 16.5. The third-order valence-corrected chi connectivity index (χ3v) is 3.94. The van der Waals surface area contributed by atoms with Crippen LogP contribution in [-0.4, -0.2) is 24.3 Å². The third-order valence-electron chi connectivity index (χ3n) is 3.94. The van der Waals surface area contributed by atoms with Gasteiger partial charge in [0.2, 0.25) is 0 Å². The molecule has 0 radical (unpaired) electrons. The molecule has 3 heteroatoms. The Morgan fingerprint density at radius 3 is 2.82 bits per heavy atom. The molecule has 2 fully saturated rings. The van der Waals surface area contributed by atoms with Crippen LogP contribution in [-0.2, 0) is 14.3 Å². The minimum Gasteiger partial charge on any atom is -0.463 e. The summed E-state index contributed by atoms with van der Waals surface area (Å²) in [5.74, 6) is 0.359. The molecule has 17 heavy (non-hydrogen) atoms. The predicted octanol–water partition coefficient (Wildman–Crippen LogP) is 2.84. The standard InChI is InChI=1S/C14H22O3/c1-4-16-13(15)10(2)9-14(3)11-7-5-6-8-12(11)17-14/h9,11-12H,4-8H2,1-3H3/b10-9+. The summed E-state index contributed by atoms with van der Waals surface area (Å²) < 4.78 is 10.9. The van der Waals surface area contributed by atoms with E-state index >= 15 is 0 Å². The highest BCUT2D eigenvalue weighted by Gasteiger charge is 2.51. The summed E-state index contributed by atoms with van der Waals surface area (Å²) in [5, 5.41) is 0. The van der Waals surface area contributed by atoms with E-state index in [0.29, 0.717) is 24.2 Å². The van der Waals surface area contributed by atoms with Gasteiger partial charge in [-0.05, 0) is 39.7 Å². The van der Waals surface area contributed by atoms with Crippen LogP contribution in [0.15, 0.2) is 11.6 Å². The molecule has 3 atom stereocenters. The van der Waals surface area contributed by atoms with E-state index in [1.54, 1.807) is 0 Å². The normalized spacial score (nSPS) is 37.0. The zero-order chi connectivity index (χ0) is 12.5. The molecule has 3 nitrogen and oxygen atoms in total. The molecule has 1 saturated heterocycles. The van der Waals surface area contributed by atoms with Crippen LogP contribution in [0.25, 0.3) is 0 Å². The van der Waals surface area contributed by atoms with E-state index < -0.39 is 0 Å². The zero-order valence-corrected chi connectivity index (χ0v) is 11.0. The minimum absolute atomic E-state index is 0.225. The molecule has 0 bridgehead atoms. The lowest BCUT2D eigenvalue weighted by Gasteiger charge is -2.54. The highest BCUT2D eigenvalue weighted by molar-refractivity contribution is 5.88. The van der Waals surface area contributed by atoms with Gasteiger partial charge in [-0.3, -0.25) is 0 Å². The number of ether oxygens (including phenoxy) is 2. The number of hydrogen-bond acceptors (Lipinski definition) is 3. The van der Waals surface area contributed by atoms with E-state index in [4.69, 9.17) is 9.47 Å². The maximum Gasteiger partial charge on any atom is 0.333 e. The fourth-order valence-corrected chi connectivity index (χ4v) is 3.11. The van der Waals surface area contributed by atoms with Crippen molar-refractivity contribution in [2.45, 2.75) is 58.2 Å². The molecule has 3 unspecified atom stereocenters. The van der Waals surface area contributed by atoms with Gasteiger partial charge in [-0.2, -0.15) is 0 Å². The quantitative estimate of drug-likeness (QED) is 0.560. The summed E-state index contributed by atoms with van der Waals surface area (Å²) in [7, 11) is 0. The van der Waals surface area contributed by atoms with Crippen molar-refractivity contribution in [1.29, 1.82) is 0 Å². The van der Waals surface area contributed by atoms with E-state index in [0.717, 1.165) is 0 Å². The van der Waals surface area contributed by atoms with E-state index in [1.165, 1.54) is 25.7 Å². The first-order valence-electron chi connectivity index (χ1n) is 6.61. The van der Waals surface area contributed by atoms with Gasteiger partial charge < -0.3 is 9.47 Å². The van der Waals surface area contributed by atoms with Crippen molar-refractivity contribution in [3.63, 3.8) is 0 Å².